The Morgan fingerprint density at radius 2 is 1.83 bits per heavy atom. The molecule has 1 N–H and O–H groups in total. The Morgan fingerprint density at radius 1 is 1.04 bits per heavy atom. The van der Waals surface area contributed by atoms with E-state index >= 15 is 0 Å². The molecule has 118 valence electrons. The number of aromatic nitrogens is 2. The number of thiophene rings is 1. The molecule has 0 atom stereocenters. The van der Waals surface area contributed by atoms with Gasteiger partial charge in [0.1, 0.15) is 0 Å². The predicted octanol–water partition coefficient (Wildman–Crippen LogP) is 4.27. The third-order valence-electron chi connectivity index (χ3n) is 3.77. The molecule has 0 saturated heterocycles. The van der Waals surface area contributed by atoms with Crippen LogP contribution in [0, 0.1) is 0 Å². The van der Waals surface area contributed by atoms with Crippen LogP contribution in [0.25, 0.3) is 16.7 Å². The molecule has 0 bridgehead atoms. The summed E-state index contributed by atoms with van der Waals surface area (Å²) in [6, 6.07) is 19.8. The highest BCUT2D eigenvalue weighted by molar-refractivity contribution is 7.08. The van der Waals surface area contributed by atoms with Crippen LogP contribution >= 0.6 is 11.3 Å². The molecule has 4 nitrogen and oxygen atoms in total. The monoisotopic (exact) mass is 333 g/mol. The van der Waals surface area contributed by atoms with Gasteiger partial charge in [-0.25, -0.2) is 4.98 Å². The zero-order valence-electron chi connectivity index (χ0n) is 12.8. The van der Waals surface area contributed by atoms with Crippen LogP contribution in [0.4, 0.5) is 5.95 Å². The first-order chi connectivity index (χ1) is 11.8. The van der Waals surface area contributed by atoms with Crippen LogP contribution in [0.5, 0.6) is 0 Å². The van der Waals surface area contributed by atoms with Crippen molar-refractivity contribution in [3.8, 4) is 5.69 Å². The highest BCUT2D eigenvalue weighted by atomic mass is 32.1. The molecule has 0 spiro atoms. The lowest BCUT2D eigenvalue weighted by Crippen LogP contribution is -2.17. The number of benzene rings is 2. The van der Waals surface area contributed by atoms with Crippen molar-refractivity contribution in [3.05, 3.63) is 77.0 Å². The molecule has 0 aliphatic carbocycles. The van der Waals surface area contributed by atoms with Crippen molar-refractivity contribution in [3.63, 3.8) is 0 Å². The zero-order valence-corrected chi connectivity index (χ0v) is 13.7. The number of fused-ring (bicyclic) bond motifs is 1. The van der Waals surface area contributed by atoms with Crippen molar-refractivity contribution in [2.24, 2.45) is 0 Å². The molecule has 0 aliphatic heterocycles. The minimum atomic E-state index is -0.0686. The van der Waals surface area contributed by atoms with Crippen molar-refractivity contribution in [1.82, 2.24) is 9.55 Å². The third-order valence-corrected chi connectivity index (χ3v) is 4.50. The van der Waals surface area contributed by atoms with Gasteiger partial charge in [0.15, 0.2) is 0 Å². The van der Waals surface area contributed by atoms with Gasteiger partial charge in [-0.15, -0.1) is 0 Å². The Morgan fingerprint density at radius 3 is 2.62 bits per heavy atom. The third kappa shape index (κ3) is 2.81. The summed E-state index contributed by atoms with van der Waals surface area (Å²) in [5.41, 5.74) is 3.80. The van der Waals surface area contributed by atoms with E-state index in [-0.39, 0.29) is 5.91 Å². The Balaban J connectivity index is 1.73. The zero-order chi connectivity index (χ0) is 16.4. The average Bonchev–Trinajstić information content (AvgIpc) is 3.22. The van der Waals surface area contributed by atoms with E-state index in [1.807, 2.05) is 76.0 Å². The van der Waals surface area contributed by atoms with E-state index in [1.165, 1.54) is 0 Å². The maximum atomic E-state index is 12.4. The molecule has 0 aliphatic rings. The van der Waals surface area contributed by atoms with Gasteiger partial charge in [0.05, 0.1) is 17.5 Å². The number of carbonyl (C=O) groups is 1. The van der Waals surface area contributed by atoms with E-state index in [9.17, 15) is 4.79 Å². The summed E-state index contributed by atoms with van der Waals surface area (Å²) >= 11 is 1.59. The maximum absolute atomic E-state index is 12.4. The molecule has 0 fully saturated rings. The van der Waals surface area contributed by atoms with E-state index in [1.54, 1.807) is 11.3 Å². The van der Waals surface area contributed by atoms with Gasteiger partial charge in [-0.3, -0.25) is 14.7 Å². The first kappa shape index (κ1) is 14.7. The number of amides is 1. The number of hydrogen-bond acceptors (Lipinski definition) is 3. The van der Waals surface area contributed by atoms with E-state index in [4.69, 9.17) is 0 Å². The first-order valence-corrected chi connectivity index (χ1v) is 8.59. The Labute approximate surface area is 143 Å². The Bertz CT molecular complexity index is 974. The molecule has 2 aromatic carbocycles. The van der Waals surface area contributed by atoms with Gasteiger partial charge in [0.2, 0.25) is 11.9 Å². The molecular formula is C19H15N3OS. The topological polar surface area (TPSA) is 46.9 Å². The van der Waals surface area contributed by atoms with Crippen LogP contribution in [0.1, 0.15) is 5.56 Å². The summed E-state index contributed by atoms with van der Waals surface area (Å²) in [7, 11) is 0. The van der Waals surface area contributed by atoms with E-state index in [0.29, 0.717) is 12.4 Å². The fourth-order valence-electron chi connectivity index (χ4n) is 2.70. The summed E-state index contributed by atoms with van der Waals surface area (Å²) in [6.45, 7) is 0. The highest BCUT2D eigenvalue weighted by Gasteiger charge is 2.14. The van der Waals surface area contributed by atoms with Gasteiger partial charge >= 0.3 is 0 Å². The summed E-state index contributed by atoms with van der Waals surface area (Å²) in [6.07, 6.45) is 0.349. The summed E-state index contributed by atoms with van der Waals surface area (Å²) in [5, 5.41) is 6.91. The minimum absolute atomic E-state index is 0.0686. The lowest BCUT2D eigenvalue weighted by atomic mass is 10.2. The van der Waals surface area contributed by atoms with Crippen LogP contribution in [0.15, 0.2) is 71.4 Å². The second kappa shape index (κ2) is 6.29. The predicted molar refractivity (Wildman–Crippen MR) is 97.7 cm³/mol. The summed E-state index contributed by atoms with van der Waals surface area (Å²) < 4.78 is 1.97. The molecule has 0 radical (unpaired) electrons. The Hall–Kier alpha value is -2.92. The van der Waals surface area contributed by atoms with Gasteiger partial charge in [-0.1, -0.05) is 30.3 Å². The number of anilines is 1. The molecule has 2 heterocycles. The van der Waals surface area contributed by atoms with Crippen LogP contribution in [0.3, 0.4) is 0 Å². The molecule has 4 aromatic rings. The molecule has 0 unspecified atom stereocenters. The number of rotatable bonds is 4. The van der Waals surface area contributed by atoms with Crippen LogP contribution < -0.4 is 5.32 Å². The van der Waals surface area contributed by atoms with Crippen LogP contribution in [0.2, 0.25) is 0 Å². The van der Waals surface area contributed by atoms with Crippen molar-refractivity contribution < 1.29 is 4.79 Å². The number of carbonyl (C=O) groups excluding carboxylic acids is 1. The molecule has 24 heavy (non-hydrogen) atoms. The van der Waals surface area contributed by atoms with Crippen molar-refractivity contribution in [2.45, 2.75) is 6.42 Å². The summed E-state index contributed by atoms with van der Waals surface area (Å²) in [4.78, 5) is 17.0. The van der Waals surface area contributed by atoms with Crippen molar-refractivity contribution in [1.29, 1.82) is 0 Å². The lowest BCUT2D eigenvalue weighted by Gasteiger charge is -2.10. The fraction of sp³-hybridized carbons (Fsp3) is 0.0526. The summed E-state index contributed by atoms with van der Waals surface area (Å²) in [5.74, 6) is 0.475. The van der Waals surface area contributed by atoms with Gasteiger partial charge < -0.3 is 0 Å². The Kier molecular flexibility index (Phi) is 3.84. The second-order valence-corrected chi connectivity index (χ2v) is 6.23. The fourth-order valence-corrected chi connectivity index (χ4v) is 3.36. The molecule has 0 saturated carbocycles. The highest BCUT2D eigenvalue weighted by Crippen LogP contribution is 2.24. The number of hydrogen-bond donors (Lipinski definition) is 1. The van der Waals surface area contributed by atoms with Crippen molar-refractivity contribution in [2.75, 3.05) is 5.32 Å². The lowest BCUT2D eigenvalue weighted by molar-refractivity contribution is -0.115. The first-order valence-electron chi connectivity index (χ1n) is 7.65. The molecule has 4 rings (SSSR count). The standard InChI is InChI=1S/C19H15N3OS/c23-18(12-14-10-11-24-13-14)21-19-20-16-8-4-5-9-17(16)22(19)15-6-2-1-3-7-15/h1-11,13H,12H2,(H,20,21,23). The van der Waals surface area contributed by atoms with E-state index in [0.717, 1.165) is 22.3 Å². The minimum Gasteiger partial charge on any atom is -0.295 e. The van der Waals surface area contributed by atoms with Gasteiger partial charge in [0.25, 0.3) is 0 Å². The molecule has 5 heteroatoms. The largest absolute Gasteiger partial charge is 0.295 e. The normalized spacial score (nSPS) is 10.8. The second-order valence-electron chi connectivity index (χ2n) is 5.45. The maximum Gasteiger partial charge on any atom is 0.231 e. The number of para-hydroxylation sites is 3. The van der Waals surface area contributed by atoms with E-state index in [2.05, 4.69) is 10.3 Å². The van der Waals surface area contributed by atoms with Crippen molar-refractivity contribution >= 4 is 34.2 Å². The quantitative estimate of drug-likeness (QED) is 0.606. The molecule has 2 aromatic heterocycles. The van der Waals surface area contributed by atoms with Gasteiger partial charge in [-0.2, -0.15) is 11.3 Å². The van der Waals surface area contributed by atoms with Crippen LogP contribution in [-0.4, -0.2) is 15.5 Å². The van der Waals surface area contributed by atoms with E-state index < -0.39 is 0 Å². The number of nitrogens with one attached hydrogen (secondary N) is 1. The number of nitrogens with zero attached hydrogens (tertiary/aromatic N) is 2. The van der Waals surface area contributed by atoms with Gasteiger partial charge in [-0.05, 0) is 46.7 Å². The van der Waals surface area contributed by atoms with Gasteiger partial charge in [0, 0.05) is 5.69 Å². The molecular weight excluding hydrogens is 318 g/mol. The smallest absolute Gasteiger partial charge is 0.231 e. The van der Waals surface area contributed by atoms with Crippen LogP contribution in [-0.2, 0) is 11.2 Å². The number of imidazole rings is 1. The average molecular weight is 333 g/mol. The molecule has 1 amide bonds. The SMILES string of the molecule is O=C(Cc1ccsc1)Nc1nc2ccccc2n1-c1ccccc1.